The predicted octanol–water partition coefficient (Wildman–Crippen LogP) is 4.61. The summed E-state index contributed by atoms with van der Waals surface area (Å²) in [5.74, 6) is 0.855. The number of aryl methyl sites for hydroxylation is 1. The van der Waals surface area contributed by atoms with E-state index in [1.54, 1.807) is 23.7 Å². The Kier molecular flexibility index (Phi) is 7.01. The third-order valence-electron chi connectivity index (χ3n) is 4.61. The molecule has 0 saturated heterocycles. The van der Waals surface area contributed by atoms with Crippen molar-refractivity contribution in [3.8, 4) is 22.9 Å². The molecule has 3 rings (SSSR count). The minimum absolute atomic E-state index is 0.307. The van der Waals surface area contributed by atoms with Crippen molar-refractivity contribution in [1.29, 1.82) is 0 Å². The summed E-state index contributed by atoms with van der Waals surface area (Å²) in [4.78, 5) is 2.20. The fourth-order valence-corrected chi connectivity index (χ4v) is 3.41. The lowest BCUT2D eigenvalue weighted by molar-refractivity contribution is 0.122. The zero-order valence-electron chi connectivity index (χ0n) is 17.2. The third kappa shape index (κ3) is 5.43. The molecule has 6 heteroatoms. The van der Waals surface area contributed by atoms with Gasteiger partial charge in [0.15, 0.2) is 0 Å². The predicted molar refractivity (Wildman–Crippen MR) is 112 cm³/mol. The van der Waals surface area contributed by atoms with Crippen molar-refractivity contribution in [3.63, 3.8) is 0 Å². The Balaban J connectivity index is 2.02. The molecule has 0 radical (unpaired) electrons. The Labute approximate surface area is 171 Å². The van der Waals surface area contributed by atoms with Crippen molar-refractivity contribution in [1.82, 2.24) is 14.7 Å². The summed E-state index contributed by atoms with van der Waals surface area (Å²) in [5, 5.41) is 14.6. The third-order valence-corrected chi connectivity index (χ3v) is 4.61. The molecule has 0 fully saturated rings. The fourth-order valence-electron chi connectivity index (χ4n) is 3.41. The van der Waals surface area contributed by atoms with Crippen molar-refractivity contribution >= 4 is 0 Å². The molecule has 1 heterocycles. The molecule has 154 valence electrons. The zero-order valence-corrected chi connectivity index (χ0v) is 17.2. The highest BCUT2D eigenvalue weighted by Gasteiger charge is 2.22. The van der Waals surface area contributed by atoms with Crippen LogP contribution >= 0.6 is 0 Å². The highest BCUT2D eigenvalue weighted by molar-refractivity contribution is 5.65. The second-order valence-corrected chi connectivity index (χ2v) is 7.26. The Hall–Kier alpha value is -2.70. The van der Waals surface area contributed by atoms with Crippen LogP contribution in [0.15, 0.2) is 54.6 Å². The normalized spacial score (nSPS) is 12.3. The molecule has 1 atom stereocenters. The number of hydrogen-bond donors (Lipinski definition) is 1. The highest BCUT2D eigenvalue weighted by Crippen LogP contribution is 2.34. The zero-order chi connectivity index (χ0) is 20.8. The molecule has 2 aromatic carbocycles. The molecular weight excluding hydrogens is 369 g/mol. The van der Waals surface area contributed by atoms with E-state index in [0.717, 1.165) is 29.8 Å². The van der Waals surface area contributed by atoms with Crippen LogP contribution in [0, 0.1) is 5.82 Å². The van der Waals surface area contributed by atoms with Crippen molar-refractivity contribution in [2.75, 3.05) is 13.1 Å². The maximum atomic E-state index is 13.3. The van der Waals surface area contributed by atoms with Gasteiger partial charge in [0.1, 0.15) is 17.3 Å². The molecule has 0 saturated carbocycles. The number of rotatable bonds is 9. The number of halogens is 1. The van der Waals surface area contributed by atoms with Gasteiger partial charge in [-0.05, 0) is 44.2 Å². The van der Waals surface area contributed by atoms with Gasteiger partial charge in [-0.1, -0.05) is 37.3 Å². The van der Waals surface area contributed by atoms with Crippen LogP contribution in [-0.2, 0) is 13.6 Å². The van der Waals surface area contributed by atoms with E-state index in [0.29, 0.717) is 24.7 Å². The molecule has 0 aliphatic heterocycles. The lowest BCUT2D eigenvalue weighted by atomic mass is 10.1. The molecule has 0 aliphatic carbocycles. The van der Waals surface area contributed by atoms with Crippen LogP contribution < -0.4 is 4.74 Å². The number of benzene rings is 2. The van der Waals surface area contributed by atoms with E-state index in [1.165, 1.54) is 12.1 Å². The quantitative estimate of drug-likeness (QED) is 0.573. The first kappa shape index (κ1) is 21.0. The first-order valence-electron chi connectivity index (χ1n) is 9.93. The summed E-state index contributed by atoms with van der Waals surface area (Å²) in [7, 11) is 1.84. The van der Waals surface area contributed by atoms with Crippen LogP contribution in [0.1, 0.15) is 25.8 Å². The van der Waals surface area contributed by atoms with Crippen LogP contribution in [0.4, 0.5) is 4.39 Å². The maximum absolute atomic E-state index is 13.3. The van der Waals surface area contributed by atoms with Gasteiger partial charge in [-0.25, -0.2) is 9.07 Å². The van der Waals surface area contributed by atoms with Gasteiger partial charge in [0, 0.05) is 25.7 Å². The second-order valence-electron chi connectivity index (χ2n) is 7.26. The van der Waals surface area contributed by atoms with E-state index in [4.69, 9.17) is 9.84 Å². The van der Waals surface area contributed by atoms with Gasteiger partial charge in [-0.15, -0.1) is 0 Å². The lowest BCUT2D eigenvalue weighted by Gasteiger charge is -2.23. The van der Waals surface area contributed by atoms with Crippen molar-refractivity contribution in [2.24, 2.45) is 7.05 Å². The maximum Gasteiger partial charge on any atom is 0.222 e. The van der Waals surface area contributed by atoms with Crippen molar-refractivity contribution in [3.05, 3.63) is 66.0 Å². The summed E-state index contributed by atoms with van der Waals surface area (Å²) < 4.78 is 21.1. The first-order chi connectivity index (χ1) is 14.0. The Morgan fingerprint density at radius 1 is 1.14 bits per heavy atom. The summed E-state index contributed by atoms with van der Waals surface area (Å²) >= 11 is 0. The van der Waals surface area contributed by atoms with E-state index in [-0.39, 0.29) is 5.82 Å². The average Bonchev–Trinajstić information content (AvgIpc) is 2.99. The standard InChI is InChI=1S/C23H28FN3O2/c1-4-14-27(15-17(2)28)16-21-22(18-8-6-5-7-9-18)25-26(3)23(21)29-20-12-10-19(24)11-13-20/h5-13,17,28H,4,14-16H2,1-3H3/t17-/m1/s1. The largest absolute Gasteiger partial charge is 0.439 e. The molecule has 0 unspecified atom stereocenters. The van der Waals surface area contributed by atoms with Crippen LogP contribution in [-0.4, -0.2) is 39.0 Å². The smallest absolute Gasteiger partial charge is 0.222 e. The molecule has 0 spiro atoms. The van der Waals surface area contributed by atoms with Crippen molar-refractivity contribution in [2.45, 2.75) is 32.9 Å². The summed E-state index contributed by atoms with van der Waals surface area (Å²) in [5.41, 5.74) is 2.79. The Morgan fingerprint density at radius 2 is 1.83 bits per heavy atom. The molecular formula is C23H28FN3O2. The minimum atomic E-state index is -0.431. The van der Waals surface area contributed by atoms with Gasteiger partial charge >= 0.3 is 0 Å². The van der Waals surface area contributed by atoms with Gasteiger partial charge in [-0.2, -0.15) is 5.10 Å². The number of aliphatic hydroxyl groups excluding tert-OH is 1. The number of aliphatic hydroxyl groups is 1. The molecule has 1 N–H and O–H groups in total. The Morgan fingerprint density at radius 3 is 2.45 bits per heavy atom. The number of aromatic nitrogens is 2. The number of nitrogens with zero attached hydrogens (tertiary/aromatic N) is 3. The molecule has 3 aromatic rings. The van der Waals surface area contributed by atoms with E-state index in [1.807, 2.05) is 37.4 Å². The summed E-state index contributed by atoms with van der Waals surface area (Å²) in [6.45, 7) is 5.91. The highest BCUT2D eigenvalue weighted by atomic mass is 19.1. The van der Waals surface area contributed by atoms with Gasteiger partial charge in [0.2, 0.25) is 5.88 Å². The molecule has 0 aliphatic rings. The van der Waals surface area contributed by atoms with Crippen LogP contribution in [0.25, 0.3) is 11.3 Å². The van der Waals surface area contributed by atoms with Crippen LogP contribution in [0.3, 0.4) is 0 Å². The van der Waals surface area contributed by atoms with E-state index >= 15 is 0 Å². The van der Waals surface area contributed by atoms with Gasteiger partial charge in [-0.3, -0.25) is 4.90 Å². The van der Waals surface area contributed by atoms with E-state index in [9.17, 15) is 9.50 Å². The number of ether oxygens (including phenoxy) is 1. The summed E-state index contributed by atoms with van der Waals surface area (Å²) in [6, 6.07) is 15.9. The first-order valence-corrected chi connectivity index (χ1v) is 9.93. The minimum Gasteiger partial charge on any atom is -0.439 e. The SMILES string of the molecule is CCCN(Cc1c(-c2ccccc2)nn(C)c1Oc1ccc(F)cc1)C[C@@H](C)O. The number of hydrogen-bond acceptors (Lipinski definition) is 4. The van der Waals surface area contributed by atoms with Gasteiger partial charge in [0.05, 0.1) is 11.7 Å². The molecule has 29 heavy (non-hydrogen) atoms. The van der Waals surface area contributed by atoms with Gasteiger partial charge in [0.25, 0.3) is 0 Å². The van der Waals surface area contributed by atoms with Crippen LogP contribution in [0.2, 0.25) is 0 Å². The second kappa shape index (κ2) is 9.67. The van der Waals surface area contributed by atoms with E-state index in [2.05, 4.69) is 11.8 Å². The van der Waals surface area contributed by atoms with E-state index < -0.39 is 6.10 Å². The fraction of sp³-hybridized carbons (Fsp3) is 0.348. The topological polar surface area (TPSA) is 50.5 Å². The molecule has 1 aromatic heterocycles. The lowest BCUT2D eigenvalue weighted by Crippen LogP contribution is -2.31. The molecule has 0 bridgehead atoms. The van der Waals surface area contributed by atoms with Gasteiger partial charge < -0.3 is 9.84 Å². The van der Waals surface area contributed by atoms with Crippen LogP contribution in [0.5, 0.6) is 11.6 Å². The molecule has 0 amide bonds. The summed E-state index contributed by atoms with van der Waals surface area (Å²) in [6.07, 6.45) is 0.543. The monoisotopic (exact) mass is 397 g/mol. The average molecular weight is 397 g/mol. The van der Waals surface area contributed by atoms with Crippen molar-refractivity contribution < 1.29 is 14.2 Å². The Bertz CT molecular complexity index is 908. The molecule has 5 nitrogen and oxygen atoms in total.